The highest BCUT2D eigenvalue weighted by Crippen LogP contribution is 2.34. The molecule has 0 saturated heterocycles. The summed E-state index contributed by atoms with van der Waals surface area (Å²) in [7, 11) is 1.57. The number of nitrogens with zero attached hydrogens (tertiary/aromatic N) is 3. The molecule has 0 aliphatic carbocycles. The zero-order valence-corrected chi connectivity index (χ0v) is 11.4. The van der Waals surface area contributed by atoms with Crippen molar-refractivity contribution in [1.82, 2.24) is 9.97 Å². The molecule has 2 rings (SSSR count). The second-order valence-electron chi connectivity index (χ2n) is 4.20. The maximum atomic E-state index is 5.82. The molecule has 0 fully saturated rings. The lowest BCUT2D eigenvalue weighted by Crippen LogP contribution is -2.19. The number of nitrogen functional groups attached to an aromatic ring is 1. The molecule has 0 atom stereocenters. The van der Waals surface area contributed by atoms with E-state index in [0.29, 0.717) is 17.4 Å². The van der Waals surface area contributed by atoms with Crippen molar-refractivity contribution in [2.24, 2.45) is 0 Å². The minimum atomic E-state index is 0.345. The lowest BCUT2D eigenvalue weighted by molar-refractivity contribution is 0.414. The number of aromatic nitrogens is 2. The van der Waals surface area contributed by atoms with Gasteiger partial charge >= 0.3 is 0 Å². The van der Waals surface area contributed by atoms with Crippen LogP contribution in [0.3, 0.4) is 0 Å². The Hall–Kier alpha value is -2.30. The maximum absolute atomic E-state index is 5.82. The van der Waals surface area contributed by atoms with E-state index in [1.54, 1.807) is 7.11 Å². The van der Waals surface area contributed by atoms with Crippen LogP contribution in [0.1, 0.15) is 12.5 Å². The molecule has 2 aromatic rings. The van der Waals surface area contributed by atoms with Crippen LogP contribution < -0.4 is 15.4 Å². The van der Waals surface area contributed by atoms with E-state index in [2.05, 4.69) is 48.1 Å². The zero-order valence-electron chi connectivity index (χ0n) is 11.4. The van der Waals surface area contributed by atoms with Crippen molar-refractivity contribution in [3.05, 3.63) is 36.2 Å². The Labute approximate surface area is 113 Å². The summed E-state index contributed by atoms with van der Waals surface area (Å²) in [6, 6.07) is 8.23. The molecule has 0 aliphatic rings. The normalized spacial score (nSPS) is 10.3. The minimum absolute atomic E-state index is 0.345. The summed E-state index contributed by atoms with van der Waals surface area (Å²) in [5.74, 6) is 1.53. The van der Waals surface area contributed by atoms with Gasteiger partial charge in [-0.3, -0.25) is 0 Å². The third kappa shape index (κ3) is 2.59. The van der Waals surface area contributed by atoms with E-state index >= 15 is 0 Å². The van der Waals surface area contributed by atoms with Gasteiger partial charge in [-0.2, -0.15) is 0 Å². The lowest BCUT2D eigenvalue weighted by Gasteiger charge is -2.24. The fraction of sp³-hybridized carbons (Fsp3) is 0.286. The van der Waals surface area contributed by atoms with Gasteiger partial charge in [0.1, 0.15) is 6.33 Å². The highest BCUT2D eigenvalue weighted by Gasteiger charge is 2.16. The fourth-order valence-electron chi connectivity index (χ4n) is 1.95. The molecule has 0 amide bonds. The Kier molecular flexibility index (Phi) is 3.85. The van der Waals surface area contributed by atoms with Crippen LogP contribution in [0.4, 0.5) is 17.3 Å². The smallest absolute Gasteiger partial charge is 0.204 e. The summed E-state index contributed by atoms with van der Waals surface area (Å²) in [5.41, 5.74) is 8.09. The number of aryl methyl sites for hydroxylation is 1. The zero-order chi connectivity index (χ0) is 13.8. The fourth-order valence-corrected chi connectivity index (χ4v) is 1.95. The summed E-state index contributed by atoms with van der Waals surface area (Å²) in [4.78, 5) is 10.3. The van der Waals surface area contributed by atoms with Crippen LogP contribution in [-0.4, -0.2) is 23.6 Å². The maximum Gasteiger partial charge on any atom is 0.204 e. The number of hydrogen-bond donors (Lipinski definition) is 1. The van der Waals surface area contributed by atoms with Crippen molar-refractivity contribution in [2.45, 2.75) is 13.8 Å². The number of nitrogens with two attached hydrogens (primary N) is 1. The van der Waals surface area contributed by atoms with Crippen LogP contribution in [-0.2, 0) is 0 Å². The van der Waals surface area contributed by atoms with Gasteiger partial charge in [-0.15, -0.1) is 0 Å². The quantitative estimate of drug-likeness (QED) is 0.913. The first kappa shape index (κ1) is 13.1. The van der Waals surface area contributed by atoms with Crippen molar-refractivity contribution in [2.75, 3.05) is 24.3 Å². The molecule has 1 aromatic heterocycles. The van der Waals surface area contributed by atoms with Crippen LogP contribution in [0.25, 0.3) is 0 Å². The molecule has 0 saturated carbocycles. The molecule has 0 bridgehead atoms. The predicted octanol–water partition coefficient (Wildman–Crippen LogP) is 2.53. The Morgan fingerprint density at radius 3 is 2.47 bits per heavy atom. The molecule has 5 heteroatoms. The standard InChI is InChI=1S/C14H18N4O/c1-4-18(11-7-5-10(2)6-8-11)14-12(19-3)13(15)16-9-17-14/h5-9H,4H2,1-3H3,(H2,15,16,17). The Morgan fingerprint density at radius 2 is 1.89 bits per heavy atom. The van der Waals surface area contributed by atoms with E-state index < -0.39 is 0 Å². The Morgan fingerprint density at radius 1 is 1.21 bits per heavy atom. The average molecular weight is 258 g/mol. The number of ether oxygens (including phenoxy) is 1. The van der Waals surface area contributed by atoms with Crippen molar-refractivity contribution >= 4 is 17.3 Å². The summed E-state index contributed by atoms with van der Waals surface area (Å²) < 4.78 is 5.31. The minimum Gasteiger partial charge on any atom is -0.490 e. The van der Waals surface area contributed by atoms with E-state index in [1.807, 2.05) is 4.90 Å². The summed E-state index contributed by atoms with van der Waals surface area (Å²) in [5, 5.41) is 0. The SMILES string of the molecule is CCN(c1ccc(C)cc1)c1ncnc(N)c1OC. The molecule has 5 nitrogen and oxygen atoms in total. The Bertz CT molecular complexity index is 554. The van der Waals surface area contributed by atoms with Gasteiger partial charge in [0.2, 0.25) is 5.75 Å². The molecule has 1 aromatic carbocycles. The van der Waals surface area contributed by atoms with Crippen molar-refractivity contribution in [1.29, 1.82) is 0 Å². The molecular weight excluding hydrogens is 240 g/mol. The van der Waals surface area contributed by atoms with E-state index in [-0.39, 0.29) is 0 Å². The van der Waals surface area contributed by atoms with Gasteiger partial charge in [0.25, 0.3) is 0 Å². The number of hydrogen-bond acceptors (Lipinski definition) is 5. The molecule has 1 heterocycles. The summed E-state index contributed by atoms with van der Waals surface area (Å²) in [6.07, 6.45) is 1.45. The molecule has 19 heavy (non-hydrogen) atoms. The van der Waals surface area contributed by atoms with Gasteiger partial charge < -0.3 is 15.4 Å². The molecule has 0 unspecified atom stereocenters. The third-order valence-electron chi connectivity index (χ3n) is 2.93. The second kappa shape index (κ2) is 5.56. The van der Waals surface area contributed by atoms with Gasteiger partial charge in [-0.05, 0) is 26.0 Å². The number of rotatable bonds is 4. The van der Waals surface area contributed by atoms with E-state index in [4.69, 9.17) is 10.5 Å². The first-order valence-corrected chi connectivity index (χ1v) is 6.16. The van der Waals surface area contributed by atoms with Gasteiger partial charge in [0.15, 0.2) is 11.6 Å². The van der Waals surface area contributed by atoms with Crippen LogP contribution in [0, 0.1) is 6.92 Å². The second-order valence-corrected chi connectivity index (χ2v) is 4.20. The average Bonchev–Trinajstić information content (AvgIpc) is 2.42. The number of benzene rings is 1. The summed E-state index contributed by atoms with van der Waals surface area (Å²) in [6.45, 7) is 4.87. The van der Waals surface area contributed by atoms with Crippen LogP contribution in [0.15, 0.2) is 30.6 Å². The molecule has 2 N–H and O–H groups in total. The molecule has 0 aliphatic heterocycles. The van der Waals surface area contributed by atoms with Crippen LogP contribution in [0.5, 0.6) is 5.75 Å². The first-order chi connectivity index (χ1) is 9.17. The highest BCUT2D eigenvalue weighted by molar-refractivity contribution is 5.70. The van der Waals surface area contributed by atoms with E-state index in [9.17, 15) is 0 Å². The largest absolute Gasteiger partial charge is 0.490 e. The number of methoxy groups -OCH3 is 1. The van der Waals surface area contributed by atoms with Crippen molar-refractivity contribution in [3.8, 4) is 5.75 Å². The van der Waals surface area contributed by atoms with Crippen LogP contribution in [0.2, 0.25) is 0 Å². The monoisotopic (exact) mass is 258 g/mol. The predicted molar refractivity (Wildman–Crippen MR) is 76.9 cm³/mol. The summed E-state index contributed by atoms with van der Waals surface area (Å²) >= 11 is 0. The molecule has 0 radical (unpaired) electrons. The lowest BCUT2D eigenvalue weighted by atomic mass is 10.2. The van der Waals surface area contributed by atoms with E-state index in [1.165, 1.54) is 11.9 Å². The van der Waals surface area contributed by atoms with Crippen LogP contribution >= 0.6 is 0 Å². The third-order valence-corrected chi connectivity index (χ3v) is 2.93. The molecular formula is C14H18N4O. The molecule has 0 spiro atoms. The van der Waals surface area contributed by atoms with E-state index in [0.717, 1.165) is 12.2 Å². The highest BCUT2D eigenvalue weighted by atomic mass is 16.5. The van der Waals surface area contributed by atoms with Crippen molar-refractivity contribution < 1.29 is 4.74 Å². The van der Waals surface area contributed by atoms with Gasteiger partial charge in [0, 0.05) is 12.2 Å². The molecule has 100 valence electrons. The topological polar surface area (TPSA) is 64.3 Å². The van der Waals surface area contributed by atoms with Crippen molar-refractivity contribution in [3.63, 3.8) is 0 Å². The Balaban J connectivity index is 2.48. The van der Waals surface area contributed by atoms with Gasteiger partial charge in [-0.25, -0.2) is 9.97 Å². The number of anilines is 3. The first-order valence-electron chi connectivity index (χ1n) is 6.16. The van der Waals surface area contributed by atoms with Gasteiger partial charge in [0.05, 0.1) is 7.11 Å². The van der Waals surface area contributed by atoms with Gasteiger partial charge in [-0.1, -0.05) is 17.7 Å².